The average Bonchev–Trinajstić information content (AvgIpc) is 2.45. The first-order chi connectivity index (χ1) is 9.97. The van der Waals surface area contributed by atoms with E-state index in [1.165, 1.54) is 24.3 Å². The molecule has 6 heteroatoms. The Kier molecular flexibility index (Phi) is 4.83. The summed E-state index contributed by atoms with van der Waals surface area (Å²) in [6.45, 7) is 1.73. The number of phenolic OH excluding ortho intramolecular Hbond substituents is 1. The molecular formula is C15H12Cl2N2O2. The van der Waals surface area contributed by atoms with Crippen molar-refractivity contribution in [2.24, 2.45) is 5.10 Å². The summed E-state index contributed by atoms with van der Waals surface area (Å²) in [4.78, 5) is 11.9. The Labute approximate surface area is 132 Å². The smallest absolute Gasteiger partial charge is 0.271 e. The van der Waals surface area contributed by atoms with E-state index in [2.05, 4.69) is 10.5 Å². The minimum absolute atomic E-state index is 0.0965. The van der Waals surface area contributed by atoms with Gasteiger partial charge in [0.25, 0.3) is 5.91 Å². The van der Waals surface area contributed by atoms with E-state index in [0.717, 1.165) is 0 Å². The monoisotopic (exact) mass is 322 g/mol. The van der Waals surface area contributed by atoms with Gasteiger partial charge in [-0.2, -0.15) is 5.10 Å². The number of amides is 1. The van der Waals surface area contributed by atoms with Gasteiger partial charge < -0.3 is 5.11 Å². The maximum absolute atomic E-state index is 11.9. The third-order valence-corrected chi connectivity index (χ3v) is 3.32. The zero-order valence-electron chi connectivity index (χ0n) is 11.1. The number of hydrazone groups is 1. The Bertz CT molecular complexity index is 697. The van der Waals surface area contributed by atoms with Crippen molar-refractivity contribution in [3.63, 3.8) is 0 Å². The standard InChI is InChI=1S/C15H12Cl2N2O2/c1-9(13-7-4-11(16)8-14(13)17)18-19-15(21)10-2-5-12(20)6-3-10/h2-8,20H,1H3,(H,19,21). The highest BCUT2D eigenvalue weighted by molar-refractivity contribution is 6.37. The Hall–Kier alpha value is -2.04. The molecule has 0 radical (unpaired) electrons. The molecule has 0 unspecified atom stereocenters. The van der Waals surface area contributed by atoms with Crippen LogP contribution < -0.4 is 5.43 Å². The minimum Gasteiger partial charge on any atom is -0.508 e. The van der Waals surface area contributed by atoms with Crippen LogP contribution in [0, 0.1) is 0 Å². The van der Waals surface area contributed by atoms with Crippen molar-refractivity contribution in [3.05, 3.63) is 63.6 Å². The number of phenols is 1. The van der Waals surface area contributed by atoms with Crippen molar-refractivity contribution in [1.29, 1.82) is 0 Å². The van der Waals surface area contributed by atoms with Crippen LogP contribution in [0.5, 0.6) is 5.75 Å². The Balaban J connectivity index is 2.12. The molecule has 4 nitrogen and oxygen atoms in total. The molecule has 0 atom stereocenters. The van der Waals surface area contributed by atoms with E-state index in [1.54, 1.807) is 25.1 Å². The molecule has 0 spiro atoms. The van der Waals surface area contributed by atoms with Gasteiger partial charge in [-0.25, -0.2) is 5.43 Å². The van der Waals surface area contributed by atoms with Gasteiger partial charge in [0.1, 0.15) is 5.75 Å². The van der Waals surface area contributed by atoms with E-state index in [0.29, 0.717) is 26.9 Å². The highest BCUT2D eigenvalue weighted by Gasteiger charge is 2.07. The first-order valence-corrected chi connectivity index (χ1v) is 6.82. The maximum Gasteiger partial charge on any atom is 0.271 e. The normalized spacial score (nSPS) is 11.3. The largest absolute Gasteiger partial charge is 0.508 e. The van der Waals surface area contributed by atoms with Crippen LogP contribution in [0.15, 0.2) is 47.6 Å². The highest BCUT2D eigenvalue weighted by atomic mass is 35.5. The predicted molar refractivity (Wildman–Crippen MR) is 84.2 cm³/mol. The molecule has 0 aliphatic heterocycles. The quantitative estimate of drug-likeness (QED) is 0.666. The fourth-order valence-electron chi connectivity index (χ4n) is 1.66. The number of rotatable bonds is 3. The lowest BCUT2D eigenvalue weighted by molar-refractivity contribution is 0.0955. The Morgan fingerprint density at radius 1 is 1.14 bits per heavy atom. The average molecular weight is 323 g/mol. The van der Waals surface area contributed by atoms with E-state index in [4.69, 9.17) is 23.2 Å². The first-order valence-electron chi connectivity index (χ1n) is 6.06. The fraction of sp³-hybridized carbons (Fsp3) is 0.0667. The van der Waals surface area contributed by atoms with Crippen molar-refractivity contribution in [2.45, 2.75) is 6.92 Å². The van der Waals surface area contributed by atoms with Gasteiger partial charge >= 0.3 is 0 Å². The molecule has 0 fully saturated rings. The SMILES string of the molecule is CC(=NNC(=O)c1ccc(O)cc1)c1ccc(Cl)cc1Cl. The van der Waals surface area contributed by atoms with E-state index in [1.807, 2.05) is 0 Å². The summed E-state index contributed by atoms with van der Waals surface area (Å²) in [6.07, 6.45) is 0. The lowest BCUT2D eigenvalue weighted by atomic mass is 10.1. The van der Waals surface area contributed by atoms with Gasteiger partial charge in [-0.1, -0.05) is 29.3 Å². The summed E-state index contributed by atoms with van der Waals surface area (Å²) in [5, 5.41) is 14.2. The van der Waals surface area contributed by atoms with Crippen LogP contribution in [0.25, 0.3) is 0 Å². The molecule has 0 heterocycles. The Morgan fingerprint density at radius 3 is 2.43 bits per heavy atom. The highest BCUT2D eigenvalue weighted by Crippen LogP contribution is 2.21. The number of halogens is 2. The second-order valence-electron chi connectivity index (χ2n) is 4.31. The molecule has 2 aromatic carbocycles. The molecule has 0 saturated carbocycles. The van der Waals surface area contributed by atoms with E-state index < -0.39 is 0 Å². The summed E-state index contributed by atoms with van der Waals surface area (Å²) >= 11 is 11.9. The number of nitrogens with zero attached hydrogens (tertiary/aromatic N) is 1. The molecular weight excluding hydrogens is 311 g/mol. The molecule has 108 valence electrons. The van der Waals surface area contributed by atoms with E-state index >= 15 is 0 Å². The summed E-state index contributed by atoms with van der Waals surface area (Å²) < 4.78 is 0. The number of carbonyl (C=O) groups excluding carboxylic acids is 1. The van der Waals surface area contributed by atoms with Gasteiger partial charge in [0, 0.05) is 16.1 Å². The van der Waals surface area contributed by atoms with Gasteiger partial charge in [-0.05, 0) is 43.3 Å². The number of aromatic hydroxyl groups is 1. The number of nitrogens with one attached hydrogen (secondary N) is 1. The van der Waals surface area contributed by atoms with Crippen LogP contribution in [0.4, 0.5) is 0 Å². The first kappa shape index (κ1) is 15.4. The number of hydrogen-bond donors (Lipinski definition) is 2. The van der Waals surface area contributed by atoms with Crippen LogP contribution in [0.2, 0.25) is 10.0 Å². The zero-order valence-corrected chi connectivity index (χ0v) is 12.6. The number of carbonyl (C=O) groups is 1. The molecule has 21 heavy (non-hydrogen) atoms. The van der Waals surface area contributed by atoms with Gasteiger partial charge in [-0.3, -0.25) is 4.79 Å². The van der Waals surface area contributed by atoms with Crippen LogP contribution in [-0.2, 0) is 0 Å². The number of hydrogen-bond acceptors (Lipinski definition) is 3. The number of benzene rings is 2. The van der Waals surface area contributed by atoms with E-state index in [9.17, 15) is 9.90 Å². The third-order valence-electron chi connectivity index (χ3n) is 2.78. The van der Waals surface area contributed by atoms with Gasteiger partial charge in [0.2, 0.25) is 0 Å². The molecule has 0 saturated heterocycles. The minimum atomic E-state index is -0.376. The van der Waals surface area contributed by atoms with Crippen molar-refractivity contribution in [3.8, 4) is 5.75 Å². The second-order valence-corrected chi connectivity index (χ2v) is 5.15. The van der Waals surface area contributed by atoms with Gasteiger partial charge in [-0.15, -0.1) is 0 Å². The Morgan fingerprint density at radius 2 is 1.81 bits per heavy atom. The predicted octanol–water partition coefficient (Wildman–Crippen LogP) is 3.85. The molecule has 0 aliphatic carbocycles. The summed E-state index contributed by atoms with van der Waals surface area (Å²) in [5.41, 5.74) is 4.08. The van der Waals surface area contributed by atoms with Crippen LogP contribution >= 0.6 is 23.2 Å². The maximum atomic E-state index is 11.9. The fourth-order valence-corrected chi connectivity index (χ4v) is 2.20. The van der Waals surface area contributed by atoms with Crippen molar-refractivity contribution in [2.75, 3.05) is 0 Å². The third kappa shape index (κ3) is 3.97. The van der Waals surface area contributed by atoms with Crippen LogP contribution in [0.1, 0.15) is 22.8 Å². The van der Waals surface area contributed by atoms with Crippen molar-refractivity contribution < 1.29 is 9.90 Å². The van der Waals surface area contributed by atoms with E-state index in [-0.39, 0.29) is 11.7 Å². The van der Waals surface area contributed by atoms with Crippen LogP contribution in [0.3, 0.4) is 0 Å². The zero-order chi connectivity index (χ0) is 15.4. The molecule has 0 aromatic heterocycles. The van der Waals surface area contributed by atoms with Crippen molar-refractivity contribution in [1.82, 2.24) is 5.43 Å². The molecule has 1 amide bonds. The summed E-state index contributed by atoms with van der Waals surface area (Å²) in [5.74, 6) is -0.279. The van der Waals surface area contributed by atoms with Gasteiger partial charge in [0.05, 0.1) is 10.7 Å². The second kappa shape index (κ2) is 6.61. The van der Waals surface area contributed by atoms with Gasteiger partial charge in [0.15, 0.2) is 0 Å². The molecule has 2 rings (SSSR count). The summed E-state index contributed by atoms with van der Waals surface area (Å²) in [7, 11) is 0. The molecule has 2 aromatic rings. The molecule has 0 aliphatic rings. The lowest BCUT2D eigenvalue weighted by Gasteiger charge is -2.05. The molecule has 2 N–H and O–H groups in total. The molecule has 0 bridgehead atoms. The lowest BCUT2D eigenvalue weighted by Crippen LogP contribution is -2.19. The summed E-state index contributed by atoms with van der Waals surface area (Å²) in [6, 6.07) is 10.9. The van der Waals surface area contributed by atoms with Crippen LogP contribution in [-0.4, -0.2) is 16.7 Å². The van der Waals surface area contributed by atoms with Crippen molar-refractivity contribution >= 4 is 34.8 Å². The topological polar surface area (TPSA) is 61.7 Å².